The summed E-state index contributed by atoms with van der Waals surface area (Å²) < 4.78 is 19.0. The van der Waals surface area contributed by atoms with Gasteiger partial charge in [0, 0.05) is 22.9 Å². The number of ether oxygens (including phenoxy) is 1. The number of carbonyl (C=O) groups is 1. The van der Waals surface area contributed by atoms with E-state index in [1.54, 1.807) is 6.07 Å². The Kier molecular flexibility index (Phi) is 3.27. The molecule has 24 heavy (non-hydrogen) atoms. The molecule has 0 saturated heterocycles. The number of aromatic nitrogens is 1. The van der Waals surface area contributed by atoms with Gasteiger partial charge in [0.1, 0.15) is 23.9 Å². The van der Waals surface area contributed by atoms with Gasteiger partial charge in [-0.15, -0.1) is 0 Å². The Morgan fingerprint density at radius 3 is 2.88 bits per heavy atom. The highest BCUT2D eigenvalue weighted by atomic mass is 19.1. The molecule has 2 aromatic carbocycles. The number of phenols is 1. The van der Waals surface area contributed by atoms with Gasteiger partial charge < -0.3 is 9.84 Å². The zero-order chi connectivity index (χ0) is 16.7. The molecular weight excluding hydrogens is 309 g/mol. The number of phenolic OH excluding ortho intramolecular Hbond substituents is 1. The van der Waals surface area contributed by atoms with Crippen LogP contribution in [0.15, 0.2) is 54.7 Å². The standard InChI is InChI=1S/C19H12FNO3/c20-13-5-6-16(22)15(8-13)19(23)11-7-12-10-24-17-4-2-1-3-14(17)18(12)21-9-11/h1-9,22H,10H2. The number of hydrogen-bond acceptors (Lipinski definition) is 4. The molecule has 4 rings (SSSR count). The largest absolute Gasteiger partial charge is 0.507 e. The topological polar surface area (TPSA) is 59.4 Å². The second-order valence-corrected chi connectivity index (χ2v) is 5.51. The zero-order valence-electron chi connectivity index (χ0n) is 12.5. The number of carbonyl (C=O) groups excluding carboxylic acids is 1. The third kappa shape index (κ3) is 2.31. The summed E-state index contributed by atoms with van der Waals surface area (Å²) in [6.07, 6.45) is 1.44. The first-order chi connectivity index (χ1) is 11.6. The van der Waals surface area contributed by atoms with Crippen molar-refractivity contribution >= 4 is 5.78 Å². The molecule has 1 aliphatic heterocycles. The molecule has 0 radical (unpaired) electrons. The minimum absolute atomic E-state index is 0.0890. The second-order valence-electron chi connectivity index (χ2n) is 5.51. The van der Waals surface area contributed by atoms with Crippen molar-refractivity contribution in [3.8, 4) is 22.8 Å². The SMILES string of the molecule is O=C(c1cnc2c(c1)COc1ccccc1-2)c1cc(F)ccc1O. The highest BCUT2D eigenvalue weighted by molar-refractivity contribution is 6.10. The first kappa shape index (κ1) is 14.4. The maximum Gasteiger partial charge on any atom is 0.198 e. The van der Waals surface area contributed by atoms with Crippen LogP contribution in [0.1, 0.15) is 21.5 Å². The average Bonchev–Trinajstić information content (AvgIpc) is 2.62. The maximum atomic E-state index is 13.4. The summed E-state index contributed by atoms with van der Waals surface area (Å²) in [4.78, 5) is 16.9. The molecule has 0 atom stereocenters. The van der Waals surface area contributed by atoms with E-state index < -0.39 is 11.6 Å². The van der Waals surface area contributed by atoms with Crippen LogP contribution in [-0.2, 0) is 6.61 Å². The molecule has 0 saturated carbocycles. The van der Waals surface area contributed by atoms with Crippen molar-refractivity contribution in [1.82, 2.24) is 4.98 Å². The van der Waals surface area contributed by atoms with E-state index in [-0.39, 0.29) is 16.9 Å². The molecule has 1 aromatic heterocycles. The number of nitrogens with zero attached hydrogens (tertiary/aromatic N) is 1. The molecule has 5 heteroatoms. The van der Waals surface area contributed by atoms with E-state index in [0.29, 0.717) is 6.61 Å². The Bertz CT molecular complexity index is 969. The minimum Gasteiger partial charge on any atom is -0.507 e. The lowest BCUT2D eigenvalue weighted by molar-refractivity contribution is 0.103. The fourth-order valence-corrected chi connectivity index (χ4v) is 2.78. The monoisotopic (exact) mass is 321 g/mol. The highest BCUT2D eigenvalue weighted by Gasteiger charge is 2.21. The van der Waals surface area contributed by atoms with Gasteiger partial charge in [0.25, 0.3) is 0 Å². The predicted molar refractivity (Wildman–Crippen MR) is 85.5 cm³/mol. The molecule has 1 N–H and O–H groups in total. The number of para-hydroxylation sites is 1. The fourth-order valence-electron chi connectivity index (χ4n) is 2.78. The number of fused-ring (bicyclic) bond motifs is 3. The fraction of sp³-hybridized carbons (Fsp3) is 0.0526. The molecule has 0 aliphatic carbocycles. The van der Waals surface area contributed by atoms with E-state index in [9.17, 15) is 14.3 Å². The normalized spacial score (nSPS) is 12.0. The van der Waals surface area contributed by atoms with Crippen molar-refractivity contribution in [2.75, 3.05) is 0 Å². The quantitative estimate of drug-likeness (QED) is 0.731. The van der Waals surface area contributed by atoms with Crippen molar-refractivity contribution < 1.29 is 19.0 Å². The molecule has 2 heterocycles. The Morgan fingerprint density at radius 1 is 1.17 bits per heavy atom. The lowest BCUT2D eigenvalue weighted by Crippen LogP contribution is -2.10. The number of halogens is 1. The van der Waals surface area contributed by atoms with Gasteiger partial charge in [-0.2, -0.15) is 0 Å². The van der Waals surface area contributed by atoms with Crippen molar-refractivity contribution in [3.63, 3.8) is 0 Å². The Hall–Kier alpha value is -3.21. The first-order valence-corrected chi connectivity index (χ1v) is 7.38. The van der Waals surface area contributed by atoms with Gasteiger partial charge in [-0.25, -0.2) is 4.39 Å². The van der Waals surface area contributed by atoms with Crippen LogP contribution in [0.5, 0.6) is 11.5 Å². The Balaban J connectivity index is 1.77. The third-order valence-electron chi connectivity index (χ3n) is 3.96. The maximum absolute atomic E-state index is 13.4. The van der Waals surface area contributed by atoms with E-state index >= 15 is 0 Å². The Morgan fingerprint density at radius 2 is 2.00 bits per heavy atom. The Labute approximate surface area is 137 Å². The van der Waals surface area contributed by atoms with Crippen molar-refractivity contribution in [3.05, 3.63) is 77.2 Å². The molecule has 0 bridgehead atoms. The van der Waals surface area contributed by atoms with Crippen molar-refractivity contribution in [2.45, 2.75) is 6.61 Å². The van der Waals surface area contributed by atoms with Crippen LogP contribution in [0.25, 0.3) is 11.3 Å². The summed E-state index contributed by atoms with van der Waals surface area (Å²) in [6, 6.07) is 12.5. The summed E-state index contributed by atoms with van der Waals surface area (Å²) in [5, 5.41) is 9.80. The number of rotatable bonds is 2. The predicted octanol–water partition coefficient (Wildman–Crippen LogP) is 3.72. The molecule has 4 nitrogen and oxygen atoms in total. The van der Waals surface area contributed by atoms with Crippen molar-refractivity contribution in [1.29, 1.82) is 0 Å². The number of ketones is 1. The smallest absolute Gasteiger partial charge is 0.198 e. The van der Waals surface area contributed by atoms with E-state index in [1.807, 2.05) is 24.3 Å². The number of aromatic hydroxyl groups is 1. The lowest BCUT2D eigenvalue weighted by Gasteiger charge is -2.20. The van der Waals surface area contributed by atoms with E-state index in [1.165, 1.54) is 6.20 Å². The van der Waals surface area contributed by atoms with Gasteiger partial charge in [0.2, 0.25) is 0 Å². The van der Waals surface area contributed by atoms with E-state index in [4.69, 9.17) is 4.74 Å². The van der Waals surface area contributed by atoms with Crippen LogP contribution in [0, 0.1) is 5.82 Å². The summed E-state index contributed by atoms with van der Waals surface area (Å²) in [5.41, 5.74) is 2.59. The summed E-state index contributed by atoms with van der Waals surface area (Å²) in [5.74, 6) is -0.583. The first-order valence-electron chi connectivity index (χ1n) is 7.38. The van der Waals surface area contributed by atoms with Crippen LogP contribution in [0.3, 0.4) is 0 Å². The van der Waals surface area contributed by atoms with Gasteiger partial charge >= 0.3 is 0 Å². The average molecular weight is 321 g/mol. The summed E-state index contributed by atoms with van der Waals surface area (Å²) >= 11 is 0. The molecule has 0 unspecified atom stereocenters. The van der Waals surface area contributed by atoms with Gasteiger partial charge in [-0.3, -0.25) is 9.78 Å². The van der Waals surface area contributed by atoms with Gasteiger partial charge in [-0.05, 0) is 36.4 Å². The highest BCUT2D eigenvalue weighted by Crippen LogP contribution is 2.36. The van der Waals surface area contributed by atoms with Crippen LogP contribution < -0.4 is 4.74 Å². The van der Waals surface area contributed by atoms with E-state index in [0.717, 1.165) is 40.8 Å². The van der Waals surface area contributed by atoms with Crippen molar-refractivity contribution in [2.24, 2.45) is 0 Å². The van der Waals surface area contributed by atoms with Crippen LogP contribution in [-0.4, -0.2) is 15.9 Å². The molecule has 118 valence electrons. The molecule has 0 fully saturated rings. The summed E-state index contributed by atoms with van der Waals surface area (Å²) in [6.45, 7) is 0.301. The number of benzene rings is 2. The molecule has 3 aromatic rings. The molecular formula is C19H12FNO3. The van der Waals surface area contributed by atoms with Crippen LogP contribution >= 0.6 is 0 Å². The minimum atomic E-state index is -0.584. The van der Waals surface area contributed by atoms with Gasteiger partial charge in [0.15, 0.2) is 5.78 Å². The lowest BCUT2D eigenvalue weighted by atomic mass is 9.98. The second kappa shape index (κ2) is 5.45. The van der Waals surface area contributed by atoms with Gasteiger partial charge in [0.05, 0.1) is 11.3 Å². The molecule has 0 spiro atoms. The summed E-state index contributed by atoms with van der Waals surface area (Å²) in [7, 11) is 0. The number of pyridine rings is 1. The van der Waals surface area contributed by atoms with Gasteiger partial charge in [-0.1, -0.05) is 12.1 Å². The van der Waals surface area contributed by atoms with E-state index in [2.05, 4.69) is 4.98 Å². The molecule has 0 amide bonds. The van der Waals surface area contributed by atoms with Crippen LogP contribution in [0.2, 0.25) is 0 Å². The number of hydrogen-bond donors (Lipinski definition) is 1. The molecule has 1 aliphatic rings. The third-order valence-corrected chi connectivity index (χ3v) is 3.96. The van der Waals surface area contributed by atoms with Crippen LogP contribution in [0.4, 0.5) is 4.39 Å². The zero-order valence-corrected chi connectivity index (χ0v) is 12.5.